The van der Waals surface area contributed by atoms with Crippen molar-refractivity contribution in [2.24, 2.45) is 0 Å². The van der Waals surface area contributed by atoms with Crippen molar-refractivity contribution < 1.29 is 4.79 Å². The predicted octanol–water partition coefficient (Wildman–Crippen LogP) is -0.352. The van der Waals surface area contributed by atoms with Gasteiger partial charge in [0.2, 0.25) is 0 Å². The zero-order chi connectivity index (χ0) is 11.5. The quantitative estimate of drug-likeness (QED) is 0.699. The highest BCUT2D eigenvalue weighted by atomic mass is 16.2. The molecule has 0 atom stereocenters. The summed E-state index contributed by atoms with van der Waals surface area (Å²) in [5, 5.41) is 3.29. The van der Waals surface area contributed by atoms with Crippen LogP contribution in [0, 0.1) is 0 Å². The van der Waals surface area contributed by atoms with Gasteiger partial charge in [-0.3, -0.25) is 4.90 Å². The molecule has 0 aliphatic carbocycles. The lowest BCUT2D eigenvalue weighted by atomic mass is 10.1. The van der Waals surface area contributed by atoms with Crippen molar-refractivity contribution in [3.05, 3.63) is 0 Å². The number of nitrogens with one attached hydrogen (secondary N) is 1. The highest BCUT2D eigenvalue weighted by molar-refractivity contribution is 5.74. The Morgan fingerprint density at radius 1 is 1.31 bits per heavy atom. The molecule has 2 heterocycles. The van der Waals surface area contributed by atoms with E-state index < -0.39 is 0 Å². The molecule has 0 spiro atoms. The van der Waals surface area contributed by atoms with Gasteiger partial charge < -0.3 is 15.1 Å². The second-order valence-corrected chi connectivity index (χ2v) is 4.63. The molecule has 0 aromatic rings. The van der Waals surface area contributed by atoms with E-state index in [9.17, 15) is 4.79 Å². The number of hydrogen-bond donors (Lipinski definition) is 1. The number of carbonyl (C=O) groups excluding carboxylic acids is 1. The fourth-order valence-electron chi connectivity index (χ4n) is 2.19. The van der Waals surface area contributed by atoms with Gasteiger partial charge in [-0.2, -0.15) is 0 Å². The molecule has 92 valence electrons. The molecule has 0 aromatic carbocycles. The van der Waals surface area contributed by atoms with E-state index in [2.05, 4.69) is 10.2 Å². The van der Waals surface area contributed by atoms with Crippen LogP contribution in [0.15, 0.2) is 0 Å². The van der Waals surface area contributed by atoms with E-state index >= 15 is 0 Å². The van der Waals surface area contributed by atoms with Gasteiger partial charge in [-0.15, -0.1) is 0 Å². The molecular formula is C11H22N4O. The summed E-state index contributed by atoms with van der Waals surface area (Å²) in [6.45, 7) is 8.82. The van der Waals surface area contributed by atoms with E-state index in [1.165, 1.54) is 0 Å². The van der Waals surface area contributed by atoms with Gasteiger partial charge in [0.05, 0.1) is 0 Å². The van der Waals surface area contributed by atoms with Crippen molar-refractivity contribution in [2.75, 3.05) is 52.9 Å². The van der Waals surface area contributed by atoms with Crippen molar-refractivity contribution in [3.63, 3.8) is 0 Å². The standard InChI is InChI=1S/C11H22N4O/c1-3-13(2)11(16)15-6-4-14(5-7-15)10-8-12-9-10/h10,12H,3-9H2,1-2H3. The summed E-state index contributed by atoms with van der Waals surface area (Å²) in [5.41, 5.74) is 0. The third kappa shape index (κ3) is 2.30. The number of amides is 2. The van der Waals surface area contributed by atoms with E-state index in [4.69, 9.17) is 0 Å². The minimum Gasteiger partial charge on any atom is -0.328 e. The predicted molar refractivity (Wildman–Crippen MR) is 63.5 cm³/mol. The van der Waals surface area contributed by atoms with Crippen LogP contribution in [0.1, 0.15) is 6.92 Å². The van der Waals surface area contributed by atoms with Crippen LogP contribution in [0.5, 0.6) is 0 Å². The molecule has 2 amide bonds. The van der Waals surface area contributed by atoms with Crippen molar-refractivity contribution in [1.29, 1.82) is 0 Å². The normalized spacial score (nSPS) is 23.0. The van der Waals surface area contributed by atoms with E-state index in [0.29, 0.717) is 6.04 Å². The van der Waals surface area contributed by atoms with Gasteiger partial charge in [-0.05, 0) is 6.92 Å². The largest absolute Gasteiger partial charge is 0.328 e. The molecule has 0 saturated carbocycles. The van der Waals surface area contributed by atoms with E-state index in [1.54, 1.807) is 4.90 Å². The molecule has 5 heteroatoms. The van der Waals surface area contributed by atoms with Gasteiger partial charge >= 0.3 is 6.03 Å². The first kappa shape index (κ1) is 11.7. The molecule has 2 aliphatic rings. The maximum absolute atomic E-state index is 11.9. The molecule has 0 aromatic heterocycles. The maximum Gasteiger partial charge on any atom is 0.319 e. The lowest BCUT2D eigenvalue weighted by Gasteiger charge is -2.43. The summed E-state index contributed by atoms with van der Waals surface area (Å²) in [6.07, 6.45) is 0. The number of carbonyl (C=O) groups is 1. The number of piperazine rings is 1. The van der Waals surface area contributed by atoms with Gasteiger partial charge in [-0.25, -0.2) is 4.79 Å². The van der Waals surface area contributed by atoms with Crippen LogP contribution in [0.4, 0.5) is 4.79 Å². The molecule has 2 saturated heterocycles. The Kier molecular flexibility index (Phi) is 3.66. The third-order valence-corrected chi connectivity index (χ3v) is 3.66. The molecule has 0 bridgehead atoms. The number of urea groups is 1. The van der Waals surface area contributed by atoms with Gasteiger partial charge in [0.1, 0.15) is 0 Å². The summed E-state index contributed by atoms with van der Waals surface area (Å²) in [6, 6.07) is 0.884. The average Bonchev–Trinajstić information content (AvgIpc) is 2.26. The monoisotopic (exact) mass is 226 g/mol. The highest BCUT2D eigenvalue weighted by Crippen LogP contribution is 2.10. The van der Waals surface area contributed by atoms with Crippen molar-refractivity contribution in [3.8, 4) is 0 Å². The van der Waals surface area contributed by atoms with Crippen LogP contribution in [-0.2, 0) is 0 Å². The molecule has 2 rings (SSSR count). The molecule has 0 unspecified atom stereocenters. The Bertz CT molecular complexity index is 246. The Labute approximate surface area is 97.4 Å². The lowest BCUT2D eigenvalue weighted by molar-refractivity contribution is 0.0760. The molecule has 16 heavy (non-hydrogen) atoms. The second kappa shape index (κ2) is 5.01. The summed E-state index contributed by atoms with van der Waals surface area (Å²) in [7, 11) is 1.87. The topological polar surface area (TPSA) is 38.8 Å². The van der Waals surface area contributed by atoms with Gasteiger partial charge in [0, 0.05) is 58.9 Å². The second-order valence-electron chi connectivity index (χ2n) is 4.63. The molecule has 5 nitrogen and oxygen atoms in total. The first-order valence-electron chi connectivity index (χ1n) is 6.17. The van der Waals surface area contributed by atoms with E-state index in [0.717, 1.165) is 45.8 Å². The Morgan fingerprint density at radius 3 is 2.38 bits per heavy atom. The third-order valence-electron chi connectivity index (χ3n) is 3.66. The number of nitrogens with zero attached hydrogens (tertiary/aromatic N) is 3. The molecule has 1 N–H and O–H groups in total. The minimum atomic E-state index is 0.175. The lowest BCUT2D eigenvalue weighted by Crippen LogP contribution is -2.62. The van der Waals surface area contributed by atoms with E-state index in [1.807, 2.05) is 18.9 Å². The first-order chi connectivity index (χ1) is 7.72. The number of rotatable bonds is 2. The summed E-state index contributed by atoms with van der Waals surface area (Å²) < 4.78 is 0. The van der Waals surface area contributed by atoms with Crippen LogP contribution >= 0.6 is 0 Å². The smallest absolute Gasteiger partial charge is 0.319 e. The van der Waals surface area contributed by atoms with Gasteiger partial charge in [0.25, 0.3) is 0 Å². The fraction of sp³-hybridized carbons (Fsp3) is 0.909. The van der Waals surface area contributed by atoms with Crippen LogP contribution in [0.3, 0.4) is 0 Å². The summed E-state index contributed by atoms with van der Waals surface area (Å²) in [5.74, 6) is 0. The Balaban J connectivity index is 1.77. The summed E-state index contributed by atoms with van der Waals surface area (Å²) >= 11 is 0. The van der Waals surface area contributed by atoms with Crippen molar-refractivity contribution >= 4 is 6.03 Å². The molecular weight excluding hydrogens is 204 g/mol. The fourth-order valence-corrected chi connectivity index (χ4v) is 2.19. The van der Waals surface area contributed by atoms with Crippen LogP contribution in [0.25, 0.3) is 0 Å². The Morgan fingerprint density at radius 2 is 1.94 bits per heavy atom. The van der Waals surface area contributed by atoms with Crippen LogP contribution in [-0.4, -0.2) is 79.6 Å². The zero-order valence-corrected chi connectivity index (χ0v) is 10.3. The molecule has 2 aliphatic heterocycles. The minimum absolute atomic E-state index is 0.175. The zero-order valence-electron chi connectivity index (χ0n) is 10.3. The average molecular weight is 226 g/mol. The molecule has 2 fully saturated rings. The summed E-state index contributed by atoms with van der Waals surface area (Å²) in [4.78, 5) is 18.1. The first-order valence-corrected chi connectivity index (χ1v) is 6.17. The number of hydrogen-bond acceptors (Lipinski definition) is 3. The van der Waals surface area contributed by atoms with Crippen molar-refractivity contribution in [2.45, 2.75) is 13.0 Å². The SMILES string of the molecule is CCN(C)C(=O)N1CCN(C2CNC2)CC1. The van der Waals surface area contributed by atoms with E-state index in [-0.39, 0.29) is 6.03 Å². The van der Waals surface area contributed by atoms with Crippen LogP contribution in [0.2, 0.25) is 0 Å². The van der Waals surface area contributed by atoms with Crippen LogP contribution < -0.4 is 5.32 Å². The highest BCUT2D eigenvalue weighted by Gasteiger charge is 2.29. The van der Waals surface area contributed by atoms with Crippen molar-refractivity contribution in [1.82, 2.24) is 20.0 Å². The molecule has 0 radical (unpaired) electrons. The van der Waals surface area contributed by atoms with Gasteiger partial charge in [0.15, 0.2) is 0 Å². The maximum atomic E-state index is 11.9. The Hall–Kier alpha value is -0.810. The van der Waals surface area contributed by atoms with Gasteiger partial charge in [-0.1, -0.05) is 0 Å².